The van der Waals surface area contributed by atoms with E-state index in [1.54, 1.807) is 48.5 Å². The van der Waals surface area contributed by atoms with Crippen molar-refractivity contribution in [3.63, 3.8) is 0 Å². The predicted molar refractivity (Wildman–Crippen MR) is 158 cm³/mol. The van der Waals surface area contributed by atoms with Crippen molar-refractivity contribution >= 4 is 50.7 Å². The van der Waals surface area contributed by atoms with E-state index in [1.807, 2.05) is 6.92 Å². The van der Waals surface area contributed by atoms with E-state index in [2.05, 4.69) is 5.32 Å². The summed E-state index contributed by atoms with van der Waals surface area (Å²) in [7, 11) is -4.25. The molecule has 0 bridgehead atoms. The second-order valence-corrected chi connectivity index (χ2v) is 12.3. The molecule has 0 aromatic heterocycles. The third kappa shape index (κ3) is 8.86. The van der Waals surface area contributed by atoms with Gasteiger partial charge in [-0.05, 0) is 42.3 Å². The van der Waals surface area contributed by atoms with Crippen LogP contribution >= 0.6 is 23.2 Å². The van der Waals surface area contributed by atoms with Gasteiger partial charge in [-0.25, -0.2) is 8.42 Å². The van der Waals surface area contributed by atoms with Gasteiger partial charge in [0.05, 0.1) is 17.5 Å². The first kappa shape index (κ1) is 33.2. The Morgan fingerprint density at radius 2 is 1.57 bits per heavy atom. The Kier molecular flexibility index (Phi) is 11.3. The van der Waals surface area contributed by atoms with Crippen LogP contribution in [0.25, 0.3) is 0 Å². The molecule has 42 heavy (non-hydrogen) atoms. The van der Waals surface area contributed by atoms with Crippen LogP contribution in [0.5, 0.6) is 0 Å². The Labute approximate surface area is 253 Å². The lowest BCUT2D eigenvalue weighted by Gasteiger charge is -2.34. The van der Waals surface area contributed by atoms with Gasteiger partial charge < -0.3 is 10.2 Å². The number of nitrogens with zero attached hydrogens (tertiary/aromatic N) is 2. The van der Waals surface area contributed by atoms with Gasteiger partial charge in [-0.3, -0.25) is 13.9 Å². The van der Waals surface area contributed by atoms with Crippen molar-refractivity contribution in [3.05, 3.63) is 99.5 Å². The maximum absolute atomic E-state index is 14.0. The lowest BCUT2D eigenvalue weighted by Crippen LogP contribution is -2.53. The van der Waals surface area contributed by atoms with E-state index < -0.39 is 46.2 Å². The molecule has 0 saturated carbocycles. The van der Waals surface area contributed by atoms with Crippen LogP contribution in [-0.2, 0) is 38.8 Å². The molecule has 0 spiro atoms. The van der Waals surface area contributed by atoms with Crippen molar-refractivity contribution < 1.29 is 31.2 Å². The number of hydrogen-bond donors (Lipinski definition) is 1. The molecule has 226 valence electrons. The van der Waals surface area contributed by atoms with Gasteiger partial charge in [-0.1, -0.05) is 72.6 Å². The van der Waals surface area contributed by atoms with Crippen LogP contribution < -0.4 is 9.62 Å². The third-order valence-corrected chi connectivity index (χ3v) is 8.20. The van der Waals surface area contributed by atoms with E-state index in [4.69, 9.17) is 23.2 Å². The Bertz CT molecular complexity index is 1490. The highest BCUT2D eigenvalue weighted by Crippen LogP contribution is 2.33. The molecule has 1 atom stereocenters. The molecule has 0 aliphatic carbocycles. The van der Waals surface area contributed by atoms with Gasteiger partial charge in [0.1, 0.15) is 12.6 Å². The summed E-state index contributed by atoms with van der Waals surface area (Å²) in [6.45, 7) is 1.03. The molecule has 2 amide bonds. The van der Waals surface area contributed by atoms with E-state index in [1.165, 1.54) is 0 Å². The van der Waals surface area contributed by atoms with E-state index in [0.717, 1.165) is 34.9 Å². The number of amides is 2. The minimum atomic E-state index is -4.74. The maximum Gasteiger partial charge on any atom is 0.416 e. The zero-order valence-corrected chi connectivity index (χ0v) is 25.2. The van der Waals surface area contributed by atoms with Gasteiger partial charge >= 0.3 is 6.18 Å². The second-order valence-electron chi connectivity index (χ2n) is 9.54. The lowest BCUT2D eigenvalue weighted by molar-refractivity contribution is -0.140. The van der Waals surface area contributed by atoms with E-state index in [0.29, 0.717) is 28.9 Å². The van der Waals surface area contributed by atoms with E-state index in [-0.39, 0.29) is 28.7 Å². The largest absolute Gasteiger partial charge is 0.416 e. The summed E-state index contributed by atoms with van der Waals surface area (Å²) in [5.41, 5.74) is -0.399. The highest BCUT2D eigenvalue weighted by atomic mass is 35.5. The van der Waals surface area contributed by atoms with Crippen LogP contribution in [0.15, 0.2) is 72.8 Å². The molecule has 3 aromatic carbocycles. The number of carbonyl (C=O) groups excluding carboxylic acids is 2. The molecule has 3 rings (SSSR count). The van der Waals surface area contributed by atoms with E-state index >= 15 is 0 Å². The zero-order chi connectivity index (χ0) is 31.1. The number of nitrogens with one attached hydrogen (secondary N) is 1. The Morgan fingerprint density at radius 3 is 2.14 bits per heavy atom. The zero-order valence-electron chi connectivity index (χ0n) is 22.9. The SMILES string of the molecule is CCCNC(=O)[C@@H](Cc1ccccc1)N(Cc1c(Cl)cccc1Cl)C(=O)CN(c1cccc(C(F)(F)F)c1)S(C)(=O)=O. The minimum Gasteiger partial charge on any atom is -0.354 e. The molecule has 0 radical (unpaired) electrons. The minimum absolute atomic E-state index is 0.0621. The first-order chi connectivity index (χ1) is 19.7. The van der Waals surface area contributed by atoms with Crippen LogP contribution in [0.2, 0.25) is 10.0 Å². The van der Waals surface area contributed by atoms with Crippen molar-refractivity contribution in [3.8, 4) is 0 Å². The average molecular weight is 645 g/mol. The van der Waals surface area contributed by atoms with Crippen molar-refractivity contribution in [2.24, 2.45) is 0 Å². The molecule has 0 saturated heterocycles. The summed E-state index contributed by atoms with van der Waals surface area (Å²) in [5.74, 6) is -1.34. The van der Waals surface area contributed by atoms with Crippen LogP contribution in [0, 0.1) is 0 Å². The van der Waals surface area contributed by atoms with Crippen molar-refractivity contribution in [1.82, 2.24) is 10.2 Å². The van der Waals surface area contributed by atoms with Gasteiger partial charge in [-0.15, -0.1) is 0 Å². The fourth-order valence-electron chi connectivity index (χ4n) is 4.22. The van der Waals surface area contributed by atoms with Gasteiger partial charge in [-0.2, -0.15) is 13.2 Å². The molecular weight excluding hydrogens is 614 g/mol. The van der Waals surface area contributed by atoms with Gasteiger partial charge in [0.2, 0.25) is 21.8 Å². The quantitative estimate of drug-likeness (QED) is 0.264. The van der Waals surface area contributed by atoms with Crippen molar-refractivity contribution in [2.45, 2.75) is 38.5 Å². The van der Waals surface area contributed by atoms with Gasteiger partial charge in [0, 0.05) is 35.1 Å². The maximum atomic E-state index is 14.0. The fourth-order valence-corrected chi connectivity index (χ4v) is 5.58. The second kappa shape index (κ2) is 14.3. The number of hydrogen-bond acceptors (Lipinski definition) is 4. The van der Waals surface area contributed by atoms with Crippen LogP contribution in [0.3, 0.4) is 0 Å². The summed E-state index contributed by atoms with van der Waals surface area (Å²) < 4.78 is 66.5. The van der Waals surface area contributed by atoms with Crippen molar-refractivity contribution in [1.29, 1.82) is 0 Å². The normalized spacial score (nSPS) is 12.5. The highest BCUT2D eigenvalue weighted by Gasteiger charge is 2.35. The van der Waals surface area contributed by atoms with Crippen LogP contribution in [0.1, 0.15) is 30.0 Å². The Morgan fingerprint density at radius 1 is 0.952 bits per heavy atom. The summed E-state index contributed by atoms with van der Waals surface area (Å²) in [6, 6.07) is 16.1. The Balaban J connectivity index is 2.11. The first-order valence-corrected chi connectivity index (χ1v) is 15.5. The number of carbonyl (C=O) groups is 2. The molecule has 0 aliphatic heterocycles. The number of alkyl halides is 3. The number of benzene rings is 3. The molecule has 13 heteroatoms. The smallest absolute Gasteiger partial charge is 0.354 e. The summed E-state index contributed by atoms with van der Waals surface area (Å²) >= 11 is 12.8. The molecule has 0 fully saturated rings. The molecule has 0 unspecified atom stereocenters. The topological polar surface area (TPSA) is 86.8 Å². The predicted octanol–water partition coefficient (Wildman–Crippen LogP) is 5.94. The fraction of sp³-hybridized carbons (Fsp3) is 0.310. The van der Waals surface area contributed by atoms with Gasteiger partial charge in [0.15, 0.2) is 0 Å². The number of sulfonamides is 1. The summed E-state index contributed by atoms with van der Waals surface area (Å²) in [4.78, 5) is 28.7. The molecule has 0 heterocycles. The molecule has 0 aliphatic rings. The summed E-state index contributed by atoms with van der Waals surface area (Å²) in [6.07, 6.45) is -3.28. The van der Waals surface area contributed by atoms with Crippen LogP contribution in [0.4, 0.5) is 18.9 Å². The number of rotatable bonds is 12. The Hall–Kier alpha value is -3.28. The molecular formula is C29H30Cl2F3N3O4S. The first-order valence-electron chi connectivity index (χ1n) is 12.9. The number of anilines is 1. The average Bonchev–Trinajstić information content (AvgIpc) is 2.93. The van der Waals surface area contributed by atoms with E-state index in [9.17, 15) is 31.2 Å². The van der Waals surface area contributed by atoms with Crippen molar-refractivity contribution in [2.75, 3.05) is 23.7 Å². The highest BCUT2D eigenvalue weighted by molar-refractivity contribution is 7.92. The van der Waals surface area contributed by atoms with Gasteiger partial charge in [0.25, 0.3) is 0 Å². The monoisotopic (exact) mass is 643 g/mol. The summed E-state index contributed by atoms with van der Waals surface area (Å²) in [5, 5.41) is 3.21. The molecule has 1 N–H and O–H groups in total. The molecule has 3 aromatic rings. The third-order valence-electron chi connectivity index (χ3n) is 6.35. The standard InChI is InChI=1S/C29H30Cl2F3N3O4S/c1-3-15-35-28(39)26(16-20-9-5-4-6-10-20)36(18-23-24(30)13-8-14-25(23)31)27(38)19-37(42(2,40)41)22-12-7-11-21(17-22)29(32,33)34/h4-14,17,26H,3,15-16,18-19H2,1-2H3,(H,35,39)/t26-/m1/s1. The number of halogens is 5. The molecule has 7 nitrogen and oxygen atoms in total. The lowest BCUT2D eigenvalue weighted by atomic mass is 10.0. The van der Waals surface area contributed by atoms with Crippen LogP contribution in [-0.4, -0.2) is 50.5 Å².